The van der Waals surface area contributed by atoms with Crippen LogP contribution in [0.3, 0.4) is 0 Å². The van der Waals surface area contributed by atoms with Crippen molar-refractivity contribution in [3.8, 4) is 5.75 Å². The third-order valence-electron chi connectivity index (χ3n) is 2.51. The number of hydrogen-bond acceptors (Lipinski definition) is 2. The van der Waals surface area contributed by atoms with Gasteiger partial charge in [0, 0.05) is 5.02 Å². The normalized spacial score (nSPS) is 14.5. The van der Waals surface area contributed by atoms with Crippen LogP contribution in [0, 0.1) is 0 Å². The second-order valence-corrected chi connectivity index (χ2v) is 4.43. The largest absolute Gasteiger partial charge is 0.488 e. The van der Waals surface area contributed by atoms with Crippen LogP contribution in [0.5, 0.6) is 5.75 Å². The number of halogens is 1. The van der Waals surface area contributed by atoms with Gasteiger partial charge in [-0.25, -0.2) is 0 Å². The molecule has 1 rings (SSSR count). The molecule has 1 N–H and O–H groups in total. The third kappa shape index (κ3) is 4.42. The monoisotopic (exact) mass is 242 g/mol. The molecule has 0 aliphatic heterocycles. The molecule has 0 aliphatic carbocycles. The second kappa shape index (κ2) is 6.77. The summed E-state index contributed by atoms with van der Waals surface area (Å²) in [4.78, 5) is 0. The maximum absolute atomic E-state index is 9.82. The molecule has 2 atom stereocenters. The fraction of sp³-hybridized carbons (Fsp3) is 0.538. The molecule has 0 aliphatic rings. The van der Waals surface area contributed by atoms with E-state index in [1.807, 2.05) is 19.1 Å². The van der Waals surface area contributed by atoms with Gasteiger partial charge in [-0.3, -0.25) is 0 Å². The number of ether oxygens (including phenoxy) is 1. The quantitative estimate of drug-likeness (QED) is 0.825. The van der Waals surface area contributed by atoms with E-state index in [0.717, 1.165) is 19.3 Å². The Balaban J connectivity index is 2.47. The summed E-state index contributed by atoms with van der Waals surface area (Å²) >= 11 is 5.85. The molecule has 0 saturated carbocycles. The molecule has 2 nitrogen and oxygen atoms in total. The zero-order valence-corrected chi connectivity index (χ0v) is 10.6. The molecule has 0 radical (unpaired) electrons. The van der Waals surface area contributed by atoms with Crippen molar-refractivity contribution >= 4 is 11.6 Å². The van der Waals surface area contributed by atoms with Crippen molar-refractivity contribution in [1.82, 2.24) is 0 Å². The van der Waals surface area contributed by atoms with Crippen molar-refractivity contribution in [1.29, 1.82) is 0 Å². The molecule has 0 spiro atoms. The molecule has 1 aromatic rings. The lowest BCUT2D eigenvalue weighted by Gasteiger charge is -2.20. The van der Waals surface area contributed by atoms with E-state index in [1.54, 1.807) is 12.1 Å². The Hall–Kier alpha value is -0.730. The molecule has 0 aromatic heterocycles. The highest BCUT2D eigenvalue weighted by molar-refractivity contribution is 6.30. The first kappa shape index (κ1) is 13.3. The van der Waals surface area contributed by atoms with Crippen molar-refractivity contribution in [2.75, 3.05) is 0 Å². The minimum Gasteiger partial charge on any atom is -0.488 e. The van der Waals surface area contributed by atoms with E-state index < -0.39 is 6.10 Å². The van der Waals surface area contributed by atoms with Crippen LogP contribution in [0.1, 0.15) is 33.1 Å². The Morgan fingerprint density at radius 2 is 2.19 bits per heavy atom. The summed E-state index contributed by atoms with van der Waals surface area (Å²) < 4.78 is 5.62. The standard InChI is InChI=1S/C13H19ClO2/c1-3-4-8-13(15)10(2)16-12-7-5-6-11(14)9-12/h5-7,9-10,13,15H,3-4,8H2,1-2H3. The van der Waals surface area contributed by atoms with Crippen LogP contribution in [-0.4, -0.2) is 17.3 Å². The zero-order valence-electron chi connectivity index (χ0n) is 9.82. The second-order valence-electron chi connectivity index (χ2n) is 3.99. The first-order valence-corrected chi connectivity index (χ1v) is 6.11. The fourth-order valence-electron chi connectivity index (χ4n) is 1.48. The molecule has 90 valence electrons. The van der Waals surface area contributed by atoms with Gasteiger partial charge >= 0.3 is 0 Å². The maximum Gasteiger partial charge on any atom is 0.122 e. The predicted octanol–water partition coefficient (Wildman–Crippen LogP) is 3.66. The van der Waals surface area contributed by atoms with Gasteiger partial charge in [0.1, 0.15) is 11.9 Å². The van der Waals surface area contributed by atoms with Gasteiger partial charge in [-0.2, -0.15) is 0 Å². The molecular formula is C13H19ClO2. The number of rotatable bonds is 6. The SMILES string of the molecule is CCCCC(O)C(C)Oc1cccc(Cl)c1. The van der Waals surface area contributed by atoms with Crippen molar-refractivity contribution < 1.29 is 9.84 Å². The van der Waals surface area contributed by atoms with Gasteiger partial charge in [-0.1, -0.05) is 37.4 Å². The summed E-state index contributed by atoms with van der Waals surface area (Å²) in [5, 5.41) is 10.5. The summed E-state index contributed by atoms with van der Waals surface area (Å²) in [5.41, 5.74) is 0. The molecule has 0 heterocycles. The number of aliphatic hydroxyl groups excluding tert-OH is 1. The number of hydrogen-bond donors (Lipinski definition) is 1. The van der Waals surface area contributed by atoms with Gasteiger partial charge in [0.25, 0.3) is 0 Å². The Kier molecular flexibility index (Phi) is 5.64. The topological polar surface area (TPSA) is 29.5 Å². The van der Waals surface area contributed by atoms with E-state index in [-0.39, 0.29) is 6.10 Å². The summed E-state index contributed by atoms with van der Waals surface area (Å²) in [6, 6.07) is 7.23. The predicted molar refractivity (Wildman–Crippen MR) is 67.1 cm³/mol. The minimum absolute atomic E-state index is 0.204. The van der Waals surface area contributed by atoms with Crippen molar-refractivity contribution in [3.05, 3.63) is 29.3 Å². The fourth-order valence-corrected chi connectivity index (χ4v) is 1.66. The van der Waals surface area contributed by atoms with Gasteiger partial charge in [0.05, 0.1) is 6.10 Å². The van der Waals surface area contributed by atoms with Gasteiger partial charge in [0.15, 0.2) is 0 Å². The first-order valence-electron chi connectivity index (χ1n) is 5.73. The molecule has 2 unspecified atom stereocenters. The van der Waals surface area contributed by atoms with Crippen LogP contribution >= 0.6 is 11.6 Å². The van der Waals surface area contributed by atoms with Crippen LogP contribution in [-0.2, 0) is 0 Å². The molecule has 16 heavy (non-hydrogen) atoms. The number of benzene rings is 1. The average molecular weight is 243 g/mol. The highest BCUT2D eigenvalue weighted by Crippen LogP contribution is 2.19. The molecule has 3 heteroatoms. The average Bonchev–Trinajstić information content (AvgIpc) is 2.25. The van der Waals surface area contributed by atoms with Crippen LogP contribution in [0.25, 0.3) is 0 Å². The van der Waals surface area contributed by atoms with E-state index in [2.05, 4.69) is 6.92 Å². The van der Waals surface area contributed by atoms with Gasteiger partial charge < -0.3 is 9.84 Å². The Labute approximate surface area is 102 Å². The lowest BCUT2D eigenvalue weighted by atomic mass is 10.1. The van der Waals surface area contributed by atoms with Crippen molar-refractivity contribution in [2.45, 2.75) is 45.3 Å². The summed E-state index contributed by atoms with van der Waals surface area (Å²) in [6.07, 6.45) is 2.26. The first-order chi connectivity index (χ1) is 7.63. The van der Waals surface area contributed by atoms with Crippen molar-refractivity contribution in [2.24, 2.45) is 0 Å². The Morgan fingerprint density at radius 3 is 2.81 bits per heavy atom. The van der Waals surface area contributed by atoms with Gasteiger partial charge in [0.2, 0.25) is 0 Å². The maximum atomic E-state index is 9.82. The van der Waals surface area contributed by atoms with E-state index in [0.29, 0.717) is 10.8 Å². The lowest BCUT2D eigenvalue weighted by molar-refractivity contribution is 0.0403. The summed E-state index contributed by atoms with van der Waals surface area (Å²) in [7, 11) is 0. The van der Waals surface area contributed by atoms with Crippen LogP contribution in [0.2, 0.25) is 5.02 Å². The molecule has 0 bridgehead atoms. The van der Waals surface area contributed by atoms with Gasteiger partial charge in [-0.05, 0) is 31.5 Å². The third-order valence-corrected chi connectivity index (χ3v) is 2.75. The molecular weight excluding hydrogens is 224 g/mol. The number of aliphatic hydroxyl groups is 1. The highest BCUT2D eigenvalue weighted by Gasteiger charge is 2.15. The van der Waals surface area contributed by atoms with Crippen LogP contribution < -0.4 is 4.74 Å². The van der Waals surface area contributed by atoms with Crippen LogP contribution in [0.15, 0.2) is 24.3 Å². The molecule has 0 amide bonds. The van der Waals surface area contributed by atoms with Crippen molar-refractivity contribution in [3.63, 3.8) is 0 Å². The molecule has 0 fully saturated rings. The summed E-state index contributed by atoms with van der Waals surface area (Å²) in [5.74, 6) is 0.704. The lowest BCUT2D eigenvalue weighted by Crippen LogP contribution is -2.28. The molecule has 1 aromatic carbocycles. The summed E-state index contributed by atoms with van der Waals surface area (Å²) in [6.45, 7) is 3.98. The Bertz CT molecular complexity index is 315. The van der Waals surface area contributed by atoms with Crippen LogP contribution in [0.4, 0.5) is 0 Å². The number of unbranched alkanes of at least 4 members (excludes halogenated alkanes) is 1. The van der Waals surface area contributed by atoms with E-state index in [9.17, 15) is 5.11 Å². The molecule has 0 saturated heterocycles. The minimum atomic E-state index is -0.418. The van der Waals surface area contributed by atoms with E-state index in [4.69, 9.17) is 16.3 Å². The zero-order chi connectivity index (χ0) is 12.0. The van der Waals surface area contributed by atoms with E-state index in [1.165, 1.54) is 0 Å². The highest BCUT2D eigenvalue weighted by atomic mass is 35.5. The van der Waals surface area contributed by atoms with Gasteiger partial charge in [-0.15, -0.1) is 0 Å². The van der Waals surface area contributed by atoms with E-state index >= 15 is 0 Å². The smallest absolute Gasteiger partial charge is 0.122 e. The Morgan fingerprint density at radius 1 is 1.44 bits per heavy atom.